The van der Waals surface area contributed by atoms with E-state index >= 15 is 0 Å². The molecule has 0 aliphatic carbocycles. The van der Waals surface area contributed by atoms with Gasteiger partial charge in [0.1, 0.15) is 0 Å². The van der Waals surface area contributed by atoms with Crippen molar-refractivity contribution in [2.24, 2.45) is 5.92 Å². The Hall–Kier alpha value is -0.123. The van der Waals surface area contributed by atoms with Crippen molar-refractivity contribution in [3.8, 4) is 0 Å². The average molecular weight is 273 g/mol. The van der Waals surface area contributed by atoms with Gasteiger partial charge in [0.2, 0.25) is 8.32 Å². The molecule has 0 bridgehead atoms. The number of hydrogen-bond donors (Lipinski definition) is 0. The zero-order chi connectivity index (χ0) is 14.4. The van der Waals surface area contributed by atoms with Gasteiger partial charge in [-0.1, -0.05) is 53.5 Å². The fourth-order valence-electron chi connectivity index (χ4n) is 1.26. The highest BCUT2D eigenvalue weighted by atomic mass is 28.4. The molecule has 0 saturated carbocycles. The van der Waals surface area contributed by atoms with Crippen LogP contribution >= 0.6 is 0 Å². The van der Waals surface area contributed by atoms with Gasteiger partial charge in [-0.3, -0.25) is 4.58 Å². The van der Waals surface area contributed by atoms with Gasteiger partial charge in [-0.25, -0.2) is 4.89 Å². The third kappa shape index (κ3) is 5.68. The van der Waals surface area contributed by atoms with Crippen molar-refractivity contribution >= 4 is 8.32 Å². The van der Waals surface area contributed by atoms with Crippen LogP contribution in [-0.2, 0) is 9.46 Å². The predicted molar refractivity (Wildman–Crippen MR) is 82.0 cm³/mol. The van der Waals surface area contributed by atoms with Gasteiger partial charge in [0.25, 0.3) is 0 Å². The SMILES string of the molecule is C=CC(C)C(CCCC)OO[Si](C)(C)C(C)(C)C. The monoisotopic (exact) mass is 272 g/mol. The van der Waals surface area contributed by atoms with Crippen molar-refractivity contribution in [1.29, 1.82) is 0 Å². The van der Waals surface area contributed by atoms with Crippen molar-refractivity contribution < 1.29 is 9.46 Å². The molecule has 0 rings (SSSR count). The summed E-state index contributed by atoms with van der Waals surface area (Å²) in [6.07, 6.45) is 5.48. The van der Waals surface area contributed by atoms with Crippen LogP contribution < -0.4 is 0 Å². The second-order valence-electron chi connectivity index (χ2n) is 6.72. The van der Waals surface area contributed by atoms with E-state index in [1.54, 1.807) is 0 Å². The largest absolute Gasteiger partial charge is 0.286 e. The molecule has 2 nitrogen and oxygen atoms in total. The maximum atomic E-state index is 5.87. The lowest BCUT2D eigenvalue weighted by Gasteiger charge is -2.36. The van der Waals surface area contributed by atoms with E-state index in [-0.39, 0.29) is 11.1 Å². The van der Waals surface area contributed by atoms with Crippen LogP contribution in [0, 0.1) is 5.92 Å². The molecule has 0 amide bonds. The lowest BCUT2D eigenvalue weighted by molar-refractivity contribution is -0.267. The first kappa shape index (κ1) is 17.9. The highest BCUT2D eigenvalue weighted by Gasteiger charge is 2.39. The Kier molecular flexibility index (Phi) is 7.41. The summed E-state index contributed by atoms with van der Waals surface area (Å²) in [6.45, 7) is 19.3. The van der Waals surface area contributed by atoms with Crippen LogP contribution in [0.5, 0.6) is 0 Å². The minimum Gasteiger partial charge on any atom is -0.286 e. The number of unbranched alkanes of at least 4 members (excludes halogenated alkanes) is 1. The predicted octanol–water partition coefficient (Wildman–Crippen LogP) is 5.32. The first-order valence-electron chi connectivity index (χ1n) is 7.12. The van der Waals surface area contributed by atoms with E-state index in [1.165, 1.54) is 12.8 Å². The second kappa shape index (κ2) is 7.46. The summed E-state index contributed by atoms with van der Waals surface area (Å²) in [5.74, 6) is 0.335. The summed E-state index contributed by atoms with van der Waals surface area (Å²) in [5.41, 5.74) is 0. The van der Waals surface area contributed by atoms with Crippen LogP contribution in [0.3, 0.4) is 0 Å². The Morgan fingerprint density at radius 3 is 2.22 bits per heavy atom. The van der Waals surface area contributed by atoms with Gasteiger partial charge in [-0.15, -0.1) is 6.58 Å². The molecular weight excluding hydrogens is 240 g/mol. The van der Waals surface area contributed by atoms with Crippen molar-refractivity contribution in [3.05, 3.63) is 12.7 Å². The first-order valence-corrected chi connectivity index (χ1v) is 10.0. The summed E-state index contributed by atoms with van der Waals surface area (Å²) < 4.78 is 5.87. The minimum absolute atomic E-state index is 0.136. The highest BCUT2D eigenvalue weighted by Crippen LogP contribution is 2.37. The Labute approximate surface area is 115 Å². The quantitative estimate of drug-likeness (QED) is 0.258. The second-order valence-corrected chi connectivity index (χ2v) is 11.4. The molecule has 0 aromatic heterocycles. The van der Waals surface area contributed by atoms with E-state index in [0.717, 1.165) is 6.42 Å². The Morgan fingerprint density at radius 2 is 1.83 bits per heavy atom. The fraction of sp³-hybridized carbons (Fsp3) is 0.867. The maximum Gasteiger partial charge on any atom is 0.238 e. The molecule has 0 aromatic rings. The van der Waals surface area contributed by atoms with Crippen LogP contribution in [-0.4, -0.2) is 14.4 Å². The Balaban J connectivity index is 4.46. The molecule has 0 N–H and O–H groups in total. The zero-order valence-corrected chi connectivity index (χ0v) is 14.4. The normalized spacial score (nSPS) is 16.4. The minimum atomic E-state index is -1.82. The van der Waals surface area contributed by atoms with E-state index in [2.05, 4.69) is 54.3 Å². The van der Waals surface area contributed by atoms with Crippen molar-refractivity contribution in [3.63, 3.8) is 0 Å². The van der Waals surface area contributed by atoms with Crippen molar-refractivity contribution in [1.82, 2.24) is 0 Å². The average Bonchev–Trinajstić information content (AvgIpc) is 2.26. The molecule has 108 valence electrons. The van der Waals surface area contributed by atoms with E-state index in [9.17, 15) is 0 Å². The van der Waals surface area contributed by atoms with Crippen LogP contribution in [0.1, 0.15) is 53.9 Å². The third-order valence-corrected chi connectivity index (χ3v) is 8.11. The zero-order valence-electron chi connectivity index (χ0n) is 13.4. The summed E-state index contributed by atoms with van der Waals surface area (Å²) in [6, 6.07) is 0. The third-order valence-electron chi connectivity index (χ3n) is 3.99. The van der Waals surface area contributed by atoms with Gasteiger partial charge in [0.15, 0.2) is 0 Å². The van der Waals surface area contributed by atoms with Crippen molar-refractivity contribution in [2.75, 3.05) is 0 Å². The maximum absolute atomic E-state index is 5.87. The molecule has 0 aliphatic rings. The first-order chi connectivity index (χ1) is 8.15. The van der Waals surface area contributed by atoms with E-state index in [4.69, 9.17) is 9.46 Å². The molecule has 18 heavy (non-hydrogen) atoms. The molecule has 0 heterocycles. The van der Waals surface area contributed by atoms with E-state index in [0.29, 0.717) is 5.92 Å². The lowest BCUT2D eigenvalue weighted by atomic mass is 10.00. The van der Waals surface area contributed by atoms with E-state index in [1.807, 2.05) is 6.08 Å². The number of rotatable bonds is 8. The Bertz CT molecular complexity index is 243. The topological polar surface area (TPSA) is 18.5 Å². The molecule has 0 spiro atoms. The van der Waals surface area contributed by atoms with Gasteiger partial charge in [-0.2, -0.15) is 0 Å². The molecule has 0 radical (unpaired) electrons. The van der Waals surface area contributed by atoms with E-state index < -0.39 is 8.32 Å². The summed E-state index contributed by atoms with van der Waals surface area (Å²) in [4.78, 5) is 5.78. The van der Waals surface area contributed by atoms with Crippen LogP contribution in [0.2, 0.25) is 18.1 Å². The van der Waals surface area contributed by atoms with Gasteiger partial charge in [-0.05, 0) is 24.6 Å². The summed E-state index contributed by atoms with van der Waals surface area (Å²) in [7, 11) is -1.82. The van der Waals surface area contributed by atoms with Crippen LogP contribution in [0.25, 0.3) is 0 Å². The van der Waals surface area contributed by atoms with Gasteiger partial charge < -0.3 is 0 Å². The molecule has 0 saturated heterocycles. The summed E-state index contributed by atoms with van der Waals surface area (Å²) in [5, 5.41) is 0.180. The van der Waals surface area contributed by atoms with Crippen molar-refractivity contribution in [2.45, 2.75) is 78.1 Å². The van der Waals surface area contributed by atoms with Gasteiger partial charge in [0, 0.05) is 5.92 Å². The molecule has 2 atom stereocenters. The van der Waals surface area contributed by atoms with Crippen LogP contribution in [0.15, 0.2) is 12.7 Å². The van der Waals surface area contributed by atoms with Gasteiger partial charge in [0.05, 0.1) is 6.10 Å². The lowest BCUT2D eigenvalue weighted by Crippen LogP contribution is -2.42. The molecule has 0 fully saturated rings. The highest BCUT2D eigenvalue weighted by molar-refractivity contribution is 6.73. The van der Waals surface area contributed by atoms with Gasteiger partial charge >= 0.3 is 0 Å². The molecule has 0 aromatic carbocycles. The molecule has 0 aliphatic heterocycles. The standard InChI is InChI=1S/C15H32O2Si/c1-9-11-12-14(13(3)10-2)16-17-18(7,8)15(4,5)6/h10,13-14H,2,9,11-12H2,1,3-8H3. The molecular formula is C15H32O2Si. The number of hydrogen-bond acceptors (Lipinski definition) is 2. The fourth-order valence-corrected chi connectivity index (χ4v) is 1.88. The molecule has 2 unspecified atom stereocenters. The molecule has 3 heteroatoms. The Morgan fingerprint density at radius 1 is 1.28 bits per heavy atom. The summed E-state index contributed by atoms with van der Waals surface area (Å²) >= 11 is 0. The smallest absolute Gasteiger partial charge is 0.238 e. The van der Waals surface area contributed by atoms with Crippen LogP contribution in [0.4, 0.5) is 0 Å².